The minimum Gasteiger partial charge on any atom is -0.462 e. The number of unbranched alkanes of at least 4 members (excludes halogenated alkanes) is 17. The van der Waals surface area contributed by atoms with Gasteiger partial charge >= 0.3 is 11.9 Å². The third kappa shape index (κ3) is 18.8. The molecule has 318 valence electrons. The predicted octanol–water partition coefficient (Wildman–Crippen LogP) is 12.6. The summed E-state index contributed by atoms with van der Waals surface area (Å²) in [5, 5.41) is 4.36. The molecule has 0 aromatic carbocycles. The summed E-state index contributed by atoms with van der Waals surface area (Å²) >= 11 is 0. The first-order valence-corrected chi connectivity index (χ1v) is 22.8. The van der Waals surface area contributed by atoms with Crippen molar-refractivity contribution in [3.8, 4) is 0 Å². The molecule has 2 fully saturated rings. The Hall–Kier alpha value is -1.22. The van der Waals surface area contributed by atoms with E-state index < -0.39 is 0 Å². The summed E-state index contributed by atoms with van der Waals surface area (Å²) in [6.07, 6.45) is 27.5. The number of ether oxygens (including phenoxy) is 2. The zero-order valence-electron chi connectivity index (χ0n) is 37.3. The summed E-state index contributed by atoms with van der Waals surface area (Å²) in [5.41, 5.74) is -0.808. The van der Waals surface area contributed by atoms with E-state index >= 15 is 0 Å². The molecular weight excluding hydrogens is 677 g/mol. The number of carbonyl (C=O) groups excluding carboxylic acids is 2. The van der Waals surface area contributed by atoms with Crippen LogP contribution in [0.4, 0.5) is 0 Å². The Balaban J connectivity index is 1.57. The molecule has 0 N–H and O–H groups in total. The van der Waals surface area contributed by atoms with Crippen molar-refractivity contribution in [2.45, 2.75) is 271 Å². The second kappa shape index (κ2) is 25.2. The first-order chi connectivity index (χ1) is 25.5. The van der Waals surface area contributed by atoms with Gasteiger partial charge in [-0.05, 0) is 81.1 Å². The summed E-state index contributed by atoms with van der Waals surface area (Å²) in [5.74, 6) is -0.160. The van der Waals surface area contributed by atoms with Crippen molar-refractivity contribution in [1.29, 1.82) is 0 Å². The maximum Gasteiger partial charge on any atom is 0.306 e. The molecule has 0 spiro atoms. The topological polar surface area (TPSA) is 77.5 Å². The van der Waals surface area contributed by atoms with Gasteiger partial charge in [0.25, 0.3) is 0 Å². The summed E-state index contributed by atoms with van der Waals surface area (Å²) < 4.78 is 12.0. The highest BCUT2D eigenvalue weighted by Crippen LogP contribution is 2.41. The summed E-state index contributed by atoms with van der Waals surface area (Å²) in [4.78, 5) is 38.3. The zero-order chi connectivity index (χ0) is 40.1. The van der Waals surface area contributed by atoms with Gasteiger partial charge in [0.05, 0.1) is 13.2 Å². The monoisotopic (exact) mass is 765 g/mol. The van der Waals surface area contributed by atoms with E-state index in [1.807, 2.05) is 0 Å². The average Bonchev–Trinajstić information content (AvgIpc) is 3.05. The highest BCUT2D eigenvalue weighted by molar-refractivity contribution is 5.69. The van der Waals surface area contributed by atoms with Gasteiger partial charge in [-0.2, -0.15) is 10.1 Å². The van der Waals surface area contributed by atoms with Crippen LogP contribution in [0, 0.1) is 0 Å². The molecule has 2 saturated heterocycles. The van der Waals surface area contributed by atoms with Crippen LogP contribution < -0.4 is 0 Å². The van der Waals surface area contributed by atoms with Crippen LogP contribution in [0.25, 0.3) is 0 Å². The summed E-state index contributed by atoms with van der Waals surface area (Å²) in [6, 6.07) is 0. The average molecular weight is 765 g/mol. The van der Waals surface area contributed by atoms with Crippen LogP contribution in [0.15, 0.2) is 0 Å². The molecule has 2 aliphatic heterocycles. The van der Waals surface area contributed by atoms with Gasteiger partial charge in [-0.25, -0.2) is 0 Å². The van der Waals surface area contributed by atoms with Gasteiger partial charge in [0.2, 0.25) is 0 Å². The molecule has 2 heterocycles. The fourth-order valence-corrected chi connectivity index (χ4v) is 9.37. The van der Waals surface area contributed by atoms with Crippen molar-refractivity contribution in [1.82, 2.24) is 10.1 Å². The van der Waals surface area contributed by atoms with Gasteiger partial charge in [0.15, 0.2) is 0 Å². The molecule has 0 bridgehead atoms. The molecular formula is C46H88N2O6. The van der Waals surface area contributed by atoms with Crippen molar-refractivity contribution in [3.05, 3.63) is 0 Å². The first-order valence-electron chi connectivity index (χ1n) is 22.8. The number of hydrogen-bond donors (Lipinski definition) is 0. The molecule has 0 unspecified atom stereocenters. The second-order valence-electron chi connectivity index (χ2n) is 19.4. The standard InChI is InChI=1S/C46H88N2O6/c1-11-13-15-17-21-25-29-33-51-47-43(3,4)35-39(36-44(47,5)6)53-41(49)31-27-23-19-20-24-28-32-42(50)54-40-37-45(7,8)48(46(9,10)38-40)52-34-30-26-22-18-16-14-12-2/h39-40H,11-38H2,1-10H3. The normalized spacial score (nSPS) is 20.3. The SMILES string of the molecule is CCCCCCCCCON1C(C)(C)CC(OC(=O)CCCCCCCCC(=O)OC2CC(C)(C)N(OCCCCCCCCC)C(C)(C)C2)CC1(C)C. The van der Waals surface area contributed by atoms with Gasteiger partial charge < -0.3 is 9.47 Å². The third-order valence-corrected chi connectivity index (χ3v) is 11.7. The predicted molar refractivity (Wildman–Crippen MR) is 223 cm³/mol. The molecule has 8 heteroatoms. The second-order valence-corrected chi connectivity index (χ2v) is 19.4. The molecule has 54 heavy (non-hydrogen) atoms. The molecule has 2 rings (SSSR count). The minimum atomic E-state index is -0.202. The fraction of sp³-hybridized carbons (Fsp3) is 0.957. The van der Waals surface area contributed by atoms with Gasteiger partial charge in [-0.15, -0.1) is 0 Å². The zero-order valence-corrected chi connectivity index (χ0v) is 37.3. The van der Waals surface area contributed by atoms with E-state index in [0.29, 0.717) is 12.8 Å². The molecule has 0 aromatic rings. The number of esters is 2. The Bertz CT molecular complexity index is 911. The number of piperidine rings is 2. The van der Waals surface area contributed by atoms with Crippen molar-refractivity contribution >= 4 is 11.9 Å². The van der Waals surface area contributed by atoms with Gasteiger partial charge in [0, 0.05) is 60.7 Å². The van der Waals surface area contributed by atoms with Gasteiger partial charge in [0.1, 0.15) is 12.2 Å². The Labute approximate surface area is 333 Å². The smallest absolute Gasteiger partial charge is 0.306 e. The molecule has 2 aliphatic rings. The maximum absolute atomic E-state index is 12.8. The Morgan fingerprint density at radius 1 is 0.426 bits per heavy atom. The van der Waals surface area contributed by atoms with E-state index in [4.69, 9.17) is 19.1 Å². The molecule has 0 radical (unpaired) electrons. The van der Waals surface area contributed by atoms with E-state index in [1.54, 1.807) is 0 Å². The maximum atomic E-state index is 12.8. The van der Waals surface area contributed by atoms with Crippen molar-refractivity contribution in [3.63, 3.8) is 0 Å². The highest BCUT2D eigenvalue weighted by Gasteiger charge is 2.49. The lowest BCUT2D eigenvalue weighted by molar-refractivity contribution is -0.293. The quantitative estimate of drug-likeness (QED) is 0.0550. The van der Waals surface area contributed by atoms with E-state index in [1.165, 1.54) is 77.0 Å². The van der Waals surface area contributed by atoms with Crippen molar-refractivity contribution in [2.75, 3.05) is 13.2 Å². The number of hydrogen-bond acceptors (Lipinski definition) is 8. The Morgan fingerprint density at radius 2 is 0.685 bits per heavy atom. The lowest BCUT2D eigenvalue weighted by atomic mass is 9.80. The van der Waals surface area contributed by atoms with Crippen LogP contribution in [0.1, 0.15) is 236 Å². The van der Waals surface area contributed by atoms with Crippen LogP contribution in [-0.2, 0) is 28.7 Å². The van der Waals surface area contributed by atoms with E-state index in [0.717, 1.165) is 90.3 Å². The Morgan fingerprint density at radius 3 is 0.981 bits per heavy atom. The van der Waals surface area contributed by atoms with Crippen molar-refractivity contribution in [2.24, 2.45) is 0 Å². The molecule has 0 saturated carbocycles. The van der Waals surface area contributed by atoms with E-state index in [2.05, 4.69) is 79.4 Å². The minimum absolute atomic E-state index is 0.0799. The fourth-order valence-electron chi connectivity index (χ4n) is 9.37. The molecule has 0 aromatic heterocycles. The van der Waals surface area contributed by atoms with Crippen molar-refractivity contribution < 1.29 is 28.7 Å². The lowest BCUT2D eigenvalue weighted by Crippen LogP contribution is -2.62. The van der Waals surface area contributed by atoms with Crippen LogP contribution in [0.5, 0.6) is 0 Å². The van der Waals surface area contributed by atoms with E-state index in [-0.39, 0.29) is 46.3 Å². The van der Waals surface area contributed by atoms with Crippen LogP contribution in [0.2, 0.25) is 0 Å². The van der Waals surface area contributed by atoms with Crippen LogP contribution in [0.3, 0.4) is 0 Å². The Kier molecular flexibility index (Phi) is 22.8. The highest BCUT2D eigenvalue weighted by atomic mass is 16.7. The van der Waals surface area contributed by atoms with Crippen LogP contribution >= 0.6 is 0 Å². The van der Waals surface area contributed by atoms with E-state index in [9.17, 15) is 9.59 Å². The number of rotatable bonds is 29. The number of carbonyl (C=O) groups is 2. The molecule has 0 atom stereocenters. The van der Waals surface area contributed by atoms with Gasteiger partial charge in [-0.3, -0.25) is 19.3 Å². The lowest BCUT2D eigenvalue weighted by Gasteiger charge is -2.53. The molecule has 0 aliphatic carbocycles. The number of hydroxylamine groups is 4. The molecule has 0 amide bonds. The molecule has 8 nitrogen and oxygen atoms in total. The summed E-state index contributed by atoms with van der Waals surface area (Å²) in [6.45, 7) is 23.7. The van der Waals surface area contributed by atoms with Gasteiger partial charge in [-0.1, -0.05) is 117 Å². The van der Waals surface area contributed by atoms with Crippen LogP contribution in [-0.4, -0.2) is 69.6 Å². The summed E-state index contributed by atoms with van der Waals surface area (Å²) in [7, 11) is 0. The third-order valence-electron chi connectivity index (χ3n) is 11.7. The largest absolute Gasteiger partial charge is 0.462 e. The number of nitrogens with zero attached hydrogens (tertiary/aromatic N) is 2. The first kappa shape index (κ1) is 48.9.